The van der Waals surface area contributed by atoms with Crippen LogP contribution in [0.3, 0.4) is 0 Å². The number of rotatable bonds is 5. The molecule has 2 heterocycles. The Hall–Kier alpha value is -0.690. The van der Waals surface area contributed by atoms with Crippen molar-refractivity contribution in [2.45, 2.75) is 24.7 Å². The van der Waals surface area contributed by atoms with Crippen LogP contribution in [0.1, 0.15) is 19.8 Å². The Morgan fingerprint density at radius 1 is 1.40 bits per heavy atom. The van der Waals surface area contributed by atoms with Crippen LogP contribution in [0.15, 0.2) is 23.4 Å². The number of sulfonamides is 1. The summed E-state index contributed by atoms with van der Waals surface area (Å²) in [6, 6.07) is 1.45. The number of pyridine rings is 1. The molecule has 0 aliphatic carbocycles. The Labute approximate surface area is 125 Å². The molecule has 7 heteroatoms. The minimum absolute atomic E-state index is 0.176. The predicted molar refractivity (Wildman–Crippen MR) is 79.3 cm³/mol. The normalized spacial score (nSPS) is 18.3. The molecule has 0 atom stereocenters. The Kier molecular flexibility index (Phi) is 5.37. The molecule has 0 bridgehead atoms. The minimum Gasteiger partial charge on any atom is -0.317 e. The van der Waals surface area contributed by atoms with Gasteiger partial charge in [-0.1, -0.05) is 18.5 Å². The molecule has 5 nitrogen and oxygen atoms in total. The van der Waals surface area contributed by atoms with Crippen molar-refractivity contribution >= 4 is 21.6 Å². The van der Waals surface area contributed by atoms with Crippen LogP contribution in [0.4, 0.5) is 0 Å². The molecule has 20 heavy (non-hydrogen) atoms. The van der Waals surface area contributed by atoms with Gasteiger partial charge in [-0.25, -0.2) is 8.42 Å². The molecule has 1 aromatic heterocycles. The van der Waals surface area contributed by atoms with Gasteiger partial charge in [0.2, 0.25) is 10.0 Å². The predicted octanol–water partition coefficient (Wildman–Crippen LogP) is 1.75. The number of halogens is 1. The molecule has 112 valence electrons. The Bertz CT molecular complexity index is 542. The van der Waals surface area contributed by atoms with Gasteiger partial charge in [-0.2, -0.15) is 4.31 Å². The van der Waals surface area contributed by atoms with Gasteiger partial charge in [0.25, 0.3) is 0 Å². The second kappa shape index (κ2) is 6.85. The monoisotopic (exact) mass is 317 g/mol. The summed E-state index contributed by atoms with van der Waals surface area (Å²) in [5.41, 5.74) is 0. The molecule has 1 fully saturated rings. The summed E-state index contributed by atoms with van der Waals surface area (Å²) in [6.45, 7) is 5.11. The molecule has 0 saturated carbocycles. The molecule has 2 rings (SSSR count). The van der Waals surface area contributed by atoms with Crippen molar-refractivity contribution in [1.29, 1.82) is 0 Å². The van der Waals surface area contributed by atoms with E-state index in [9.17, 15) is 8.42 Å². The van der Waals surface area contributed by atoms with Crippen LogP contribution < -0.4 is 5.32 Å². The van der Waals surface area contributed by atoms with Gasteiger partial charge in [0.05, 0.1) is 5.02 Å². The first-order valence-electron chi connectivity index (χ1n) is 6.85. The fourth-order valence-corrected chi connectivity index (χ4v) is 4.08. The van der Waals surface area contributed by atoms with Crippen molar-refractivity contribution < 1.29 is 8.42 Å². The lowest BCUT2D eigenvalue weighted by molar-refractivity contribution is 0.268. The summed E-state index contributed by atoms with van der Waals surface area (Å²) < 4.78 is 26.5. The molecule has 1 saturated heterocycles. The van der Waals surface area contributed by atoms with E-state index in [0.717, 1.165) is 25.9 Å². The Morgan fingerprint density at radius 2 is 2.10 bits per heavy atom. The summed E-state index contributed by atoms with van der Waals surface area (Å²) >= 11 is 5.82. The maximum Gasteiger partial charge on any atom is 0.244 e. The van der Waals surface area contributed by atoms with E-state index in [1.807, 2.05) is 0 Å². The Morgan fingerprint density at radius 3 is 2.70 bits per heavy atom. The van der Waals surface area contributed by atoms with Gasteiger partial charge in [0.1, 0.15) is 4.90 Å². The van der Waals surface area contributed by atoms with Crippen LogP contribution in [0, 0.1) is 5.92 Å². The number of hydrogen-bond donors (Lipinski definition) is 1. The van der Waals surface area contributed by atoms with Crippen molar-refractivity contribution in [3.63, 3.8) is 0 Å². The van der Waals surface area contributed by atoms with Crippen LogP contribution in [0.5, 0.6) is 0 Å². The highest BCUT2D eigenvalue weighted by Crippen LogP contribution is 2.24. The molecule has 1 aliphatic heterocycles. The van der Waals surface area contributed by atoms with E-state index in [2.05, 4.69) is 17.2 Å². The summed E-state index contributed by atoms with van der Waals surface area (Å²) in [6.07, 6.45) is 4.57. The third-order valence-electron chi connectivity index (χ3n) is 3.57. The van der Waals surface area contributed by atoms with Crippen molar-refractivity contribution in [2.75, 3.05) is 26.2 Å². The average molecular weight is 318 g/mol. The highest BCUT2D eigenvalue weighted by atomic mass is 35.5. The van der Waals surface area contributed by atoms with E-state index in [0.29, 0.717) is 24.0 Å². The van der Waals surface area contributed by atoms with Gasteiger partial charge in [-0.05, 0) is 37.9 Å². The fraction of sp³-hybridized carbons (Fsp3) is 0.615. The van der Waals surface area contributed by atoms with E-state index >= 15 is 0 Å². The maximum atomic E-state index is 12.5. The van der Waals surface area contributed by atoms with E-state index in [1.165, 1.54) is 22.8 Å². The van der Waals surface area contributed by atoms with E-state index in [1.54, 1.807) is 0 Å². The van der Waals surface area contributed by atoms with Gasteiger partial charge < -0.3 is 5.32 Å². The van der Waals surface area contributed by atoms with Crippen LogP contribution >= 0.6 is 11.6 Å². The van der Waals surface area contributed by atoms with Crippen LogP contribution in [-0.2, 0) is 10.0 Å². The molecule has 0 aromatic carbocycles. The molecular weight excluding hydrogens is 298 g/mol. The van der Waals surface area contributed by atoms with Gasteiger partial charge in [0.15, 0.2) is 0 Å². The topological polar surface area (TPSA) is 62.3 Å². The standard InChI is InChI=1S/C13H20ClN3O2S/c1-2-15-8-11-3-5-17(6-4-11)20(18,19)13-7-12(14)9-16-10-13/h7,9-11,15H,2-6,8H2,1H3. The molecule has 1 aliphatic rings. The van der Waals surface area contributed by atoms with Crippen LogP contribution in [0.25, 0.3) is 0 Å². The van der Waals surface area contributed by atoms with Crippen molar-refractivity contribution in [3.05, 3.63) is 23.5 Å². The SMILES string of the molecule is CCNCC1CCN(S(=O)(=O)c2cncc(Cl)c2)CC1. The molecule has 0 amide bonds. The zero-order valence-corrected chi connectivity index (χ0v) is 13.1. The lowest BCUT2D eigenvalue weighted by Crippen LogP contribution is -2.40. The van der Waals surface area contributed by atoms with Crippen molar-refractivity contribution in [2.24, 2.45) is 5.92 Å². The molecule has 1 aromatic rings. The smallest absolute Gasteiger partial charge is 0.244 e. The van der Waals surface area contributed by atoms with Gasteiger partial charge in [0, 0.05) is 25.5 Å². The lowest BCUT2D eigenvalue weighted by Gasteiger charge is -2.31. The maximum absolute atomic E-state index is 12.5. The second-order valence-electron chi connectivity index (χ2n) is 4.99. The third-order valence-corrected chi connectivity index (χ3v) is 5.64. The van der Waals surface area contributed by atoms with Gasteiger partial charge in [-0.3, -0.25) is 4.98 Å². The largest absolute Gasteiger partial charge is 0.317 e. The first-order chi connectivity index (χ1) is 9.54. The van der Waals surface area contributed by atoms with E-state index < -0.39 is 10.0 Å². The minimum atomic E-state index is -3.46. The van der Waals surface area contributed by atoms with Crippen molar-refractivity contribution in [1.82, 2.24) is 14.6 Å². The third kappa shape index (κ3) is 3.69. The van der Waals surface area contributed by atoms with E-state index in [-0.39, 0.29) is 4.90 Å². The zero-order chi connectivity index (χ0) is 14.6. The summed E-state index contributed by atoms with van der Waals surface area (Å²) in [7, 11) is -3.46. The number of nitrogens with zero attached hydrogens (tertiary/aromatic N) is 2. The summed E-state index contributed by atoms with van der Waals surface area (Å²) in [4.78, 5) is 4.03. The highest BCUT2D eigenvalue weighted by Gasteiger charge is 2.29. The highest BCUT2D eigenvalue weighted by molar-refractivity contribution is 7.89. The Balaban J connectivity index is 2.02. The lowest BCUT2D eigenvalue weighted by atomic mass is 9.98. The first-order valence-corrected chi connectivity index (χ1v) is 8.67. The van der Waals surface area contributed by atoms with Gasteiger partial charge in [-0.15, -0.1) is 0 Å². The van der Waals surface area contributed by atoms with Gasteiger partial charge >= 0.3 is 0 Å². The number of hydrogen-bond acceptors (Lipinski definition) is 4. The van der Waals surface area contributed by atoms with Crippen LogP contribution in [-0.4, -0.2) is 43.9 Å². The first kappa shape index (κ1) is 15.7. The summed E-state index contributed by atoms with van der Waals surface area (Å²) in [5.74, 6) is 0.555. The molecule has 0 unspecified atom stereocenters. The molecule has 0 spiro atoms. The number of nitrogens with one attached hydrogen (secondary N) is 1. The average Bonchev–Trinajstić information content (AvgIpc) is 2.45. The number of aromatic nitrogens is 1. The van der Waals surface area contributed by atoms with E-state index in [4.69, 9.17) is 11.6 Å². The zero-order valence-electron chi connectivity index (χ0n) is 11.5. The molecule has 1 N–H and O–H groups in total. The quantitative estimate of drug-likeness (QED) is 0.898. The van der Waals surface area contributed by atoms with Crippen LogP contribution in [0.2, 0.25) is 5.02 Å². The van der Waals surface area contributed by atoms with Crippen molar-refractivity contribution in [3.8, 4) is 0 Å². The fourth-order valence-electron chi connectivity index (χ4n) is 2.38. The summed E-state index contributed by atoms with van der Waals surface area (Å²) in [5, 5.41) is 3.66. The second-order valence-corrected chi connectivity index (χ2v) is 7.37. The molecule has 0 radical (unpaired) electrons. The molecular formula is C13H20ClN3O2S. The number of piperidine rings is 1.